The van der Waals surface area contributed by atoms with Crippen molar-refractivity contribution in [2.75, 3.05) is 13.2 Å². The Morgan fingerprint density at radius 1 is 1.47 bits per heavy atom. The Bertz CT molecular complexity index is 192. The van der Waals surface area contributed by atoms with Crippen LogP contribution in [0.1, 0.15) is 45.4 Å². The van der Waals surface area contributed by atoms with Crippen molar-refractivity contribution in [3.05, 3.63) is 11.6 Å². The highest BCUT2D eigenvalue weighted by atomic mass is 16.5. The van der Waals surface area contributed by atoms with Gasteiger partial charge in [0.2, 0.25) is 0 Å². The van der Waals surface area contributed by atoms with Crippen molar-refractivity contribution in [2.24, 2.45) is 5.84 Å². The van der Waals surface area contributed by atoms with Crippen LogP contribution in [-0.4, -0.2) is 19.3 Å². The number of hydrazine groups is 1. The minimum Gasteiger partial charge on any atom is -0.382 e. The fourth-order valence-electron chi connectivity index (χ4n) is 2.08. The molecule has 15 heavy (non-hydrogen) atoms. The summed E-state index contributed by atoms with van der Waals surface area (Å²) in [4.78, 5) is 0. The van der Waals surface area contributed by atoms with Gasteiger partial charge in [-0.15, -0.1) is 0 Å². The van der Waals surface area contributed by atoms with Gasteiger partial charge in [-0.1, -0.05) is 18.1 Å². The molecule has 3 N–H and O–H groups in total. The molecule has 0 aromatic rings. The Labute approximate surface area is 93.0 Å². The van der Waals surface area contributed by atoms with E-state index in [1.54, 1.807) is 0 Å². The molecule has 88 valence electrons. The first kappa shape index (κ1) is 12.7. The Kier molecular flexibility index (Phi) is 6.64. The Morgan fingerprint density at radius 2 is 2.33 bits per heavy atom. The van der Waals surface area contributed by atoms with Gasteiger partial charge in [-0.25, -0.2) is 0 Å². The molecule has 1 atom stereocenters. The zero-order chi connectivity index (χ0) is 10.9. The zero-order valence-electron chi connectivity index (χ0n) is 9.80. The molecule has 3 heteroatoms. The molecule has 1 rings (SSSR count). The molecule has 0 bridgehead atoms. The molecule has 0 aromatic carbocycles. The summed E-state index contributed by atoms with van der Waals surface area (Å²) in [5.41, 5.74) is 4.39. The maximum atomic E-state index is 5.59. The van der Waals surface area contributed by atoms with Crippen LogP contribution in [0.4, 0.5) is 0 Å². The van der Waals surface area contributed by atoms with E-state index in [0.717, 1.165) is 19.6 Å². The summed E-state index contributed by atoms with van der Waals surface area (Å²) in [6.45, 7) is 3.61. The van der Waals surface area contributed by atoms with E-state index in [1.165, 1.54) is 37.7 Å². The summed E-state index contributed by atoms with van der Waals surface area (Å²) >= 11 is 0. The van der Waals surface area contributed by atoms with Crippen LogP contribution >= 0.6 is 0 Å². The van der Waals surface area contributed by atoms with Crippen LogP contribution in [0, 0.1) is 0 Å². The maximum absolute atomic E-state index is 5.59. The van der Waals surface area contributed by atoms with E-state index in [-0.39, 0.29) is 0 Å². The molecule has 0 heterocycles. The quantitative estimate of drug-likeness (QED) is 0.307. The molecule has 1 unspecified atom stereocenters. The Hall–Kier alpha value is -0.380. The number of hydrogen-bond acceptors (Lipinski definition) is 3. The van der Waals surface area contributed by atoms with Crippen LogP contribution < -0.4 is 11.3 Å². The van der Waals surface area contributed by atoms with E-state index in [0.29, 0.717) is 6.04 Å². The van der Waals surface area contributed by atoms with Crippen molar-refractivity contribution in [3.63, 3.8) is 0 Å². The standard InChI is InChI=1S/C12H24N2O/c1-2-15-10-9-12(14-13)11-7-5-3-4-6-8-11/h7,12,14H,2-6,8-10,13H2,1H3. The molecule has 0 aliphatic heterocycles. The highest BCUT2D eigenvalue weighted by Gasteiger charge is 2.13. The highest BCUT2D eigenvalue weighted by molar-refractivity contribution is 5.11. The minimum atomic E-state index is 0.314. The minimum absolute atomic E-state index is 0.314. The molecule has 3 nitrogen and oxygen atoms in total. The Morgan fingerprint density at radius 3 is 3.07 bits per heavy atom. The summed E-state index contributed by atoms with van der Waals surface area (Å²) in [5, 5.41) is 0. The fraction of sp³-hybridized carbons (Fsp3) is 0.833. The molecular weight excluding hydrogens is 188 g/mol. The fourth-order valence-corrected chi connectivity index (χ4v) is 2.08. The smallest absolute Gasteiger partial charge is 0.0484 e. The number of rotatable bonds is 6. The van der Waals surface area contributed by atoms with E-state index in [4.69, 9.17) is 10.6 Å². The molecule has 0 fully saturated rings. The molecule has 1 aliphatic carbocycles. The summed E-state index contributed by atoms with van der Waals surface area (Å²) in [5.74, 6) is 5.59. The van der Waals surface area contributed by atoms with Crippen molar-refractivity contribution in [2.45, 2.75) is 51.5 Å². The molecule has 0 amide bonds. The van der Waals surface area contributed by atoms with Crippen molar-refractivity contribution in [3.8, 4) is 0 Å². The molecule has 0 saturated heterocycles. The molecular formula is C12H24N2O. The number of ether oxygens (including phenoxy) is 1. The van der Waals surface area contributed by atoms with Crippen LogP contribution in [0.15, 0.2) is 11.6 Å². The number of nitrogens with two attached hydrogens (primary N) is 1. The van der Waals surface area contributed by atoms with E-state index in [9.17, 15) is 0 Å². The Balaban J connectivity index is 2.37. The predicted octanol–water partition coefficient (Wildman–Crippen LogP) is 2.14. The van der Waals surface area contributed by atoms with Crippen LogP contribution in [0.3, 0.4) is 0 Å². The first-order chi connectivity index (χ1) is 7.38. The van der Waals surface area contributed by atoms with Gasteiger partial charge in [0, 0.05) is 19.3 Å². The second-order valence-electron chi connectivity index (χ2n) is 4.08. The largest absolute Gasteiger partial charge is 0.382 e. The number of hydrogen-bond donors (Lipinski definition) is 2. The third-order valence-electron chi connectivity index (χ3n) is 2.98. The van der Waals surface area contributed by atoms with Gasteiger partial charge in [-0.2, -0.15) is 0 Å². The summed E-state index contributed by atoms with van der Waals surface area (Å²) in [6, 6.07) is 0.314. The first-order valence-electron chi connectivity index (χ1n) is 6.11. The first-order valence-corrected chi connectivity index (χ1v) is 6.11. The van der Waals surface area contributed by atoms with Gasteiger partial charge in [0.05, 0.1) is 0 Å². The molecule has 0 saturated carbocycles. The van der Waals surface area contributed by atoms with Crippen LogP contribution in [0.5, 0.6) is 0 Å². The van der Waals surface area contributed by atoms with Gasteiger partial charge in [-0.3, -0.25) is 11.3 Å². The molecule has 0 aromatic heterocycles. The average molecular weight is 212 g/mol. The van der Waals surface area contributed by atoms with Gasteiger partial charge in [0.15, 0.2) is 0 Å². The van der Waals surface area contributed by atoms with Crippen LogP contribution in [0.25, 0.3) is 0 Å². The lowest BCUT2D eigenvalue weighted by Crippen LogP contribution is -2.37. The lowest BCUT2D eigenvalue weighted by atomic mass is 10.0. The van der Waals surface area contributed by atoms with Gasteiger partial charge in [-0.05, 0) is 39.0 Å². The average Bonchev–Trinajstić information content (AvgIpc) is 2.53. The van der Waals surface area contributed by atoms with E-state index in [2.05, 4.69) is 11.5 Å². The second kappa shape index (κ2) is 7.85. The maximum Gasteiger partial charge on any atom is 0.0484 e. The predicted molar refractivity (Wildman–Crippen MR) is 63.4 cm³/mol. The normalized spacial score (nSPS) is 19.5. The summed E-state index contributed by atoms with van der Waals surface area (Å²) < 4.78 is 5.37. The van der Waals surface area contributed by atoms with Crippen LogP contribution in [0.2, 0.25) is 0 Å². The van der Waals surface area contributed by atoms with E-state index >= 15 is 0 Å². The van der Waals surface area contributed by atoms with Crippen molar-refractivity contribution in [1.29, 1.82) is 0 Å². The van der Waals surface area contributed by atoms with Gasteiger partial charge in [0.1, 0.15) is 0 Å². The van der Waals surface area contributed by atoms with E-state index in [1.807, 2.05) is 6.92 Å². The van der Waals surface area contributed by atoms with Crippen molar-refractivity contribution >= 4 is 0 Å². The third-order valence-corrected chi connectivity index (χ3v) is 2.98. The summed E-state index contributed by atoms with van der Waals surface area (Å²) in [6.07, 6.45) is 9.73. The molecule has 1 aliphatic rings. The SMILES string of the molecule is CCOCCC(NN)C1=CCCCCC1. The van der Waals surface area contributed by atoms with Gasteiger partial charge < -0.3 is 4.74 Å². The van der Waals surface area contributed by atoms with Crippen molar-refractivity contribution < 1.29 is 4.74 Å². The second-order valence-corrected chi connectivity index (χ2v) is 4.08. The topological polar surface area (TPSA) is 47.3 Å². The van der Waals surface area contributed by atoms with Crippen molar-refractivity contribution in [1.82, 2.24) is 5.43 Å². The van der Waals surface area contributed by atoms with Gasteiger partial charge in [0.25, 0.3) is 0 Å². The highest BCUT2D eigenvalue weighted by Crippen LogP contribution is 2.21. The van der Waals surface area contributed by atoms with Gasteiger partial charge >= 0.3 is 0 Å². The third kappa shape index (κ3) is 4.78. The van der Waals surface area contributed by atoms with E-state index < -0.39 is 0 Å². The monoisotopic (exact) mass is 212 g/mol. The molecule has 0 spiro atoms. The lowest BCUT2D eigenvalue weighted by molar-refractivity contribution is 0.139. The zero-order valence-corrected chi connectivity index (χ0v) is 9.80. The lowest BCUT2D eigenvalue weighted by Gasteiger charge is -2.19. The summed E-state index contributed by atoms with van der Waals surface area (Å²) in [7, 11) is 0. The van der Waals surface area contributed by atoms with Crippen LogP contribution in [-0.2, 0) is 4.74 Å². The number of nitrogens with one attached hydrogen (secondary N) is 1. The molecule has 0 radical (unpaired) electrons. The number of allylic oxidation sites excluding steroid dienone is 1.